The van der Waals surface area contributed by atoms with Gasteiger partial charge in [0.15, 0.2) is 0 Å². The Labute approximate surface area is 164 Å². The van der Waals surface area contributed by atoms with Crippen molar-refractivity contribution in [3.05, 3.63) is 40.8 Å². The first-order valence-electron chi connectivity index (χ1n) is 9.91. The van der Waals surface area contributed by atoms with Gasteiger partial charge in [-0.3, -0.25) is 9.59 Å². The van der Waals surface area contributed by atoms with Gasteiger partial charge < -0.3 is 14.8 Å². The Morgan fingerprint density at radius 1 is 1.18 bits per heavy atom. The van der Waals surface area contributed by atoms with Crippen molar-refractivity contribution < 1.29 is 4.79 Å². The van der Waals surface area contributed by atoms with E-state index in [-0.39, 0.29) is 18.0 Å². The van der Waals surface area contributed by atoms with E-state index in [1.807, 2.05) is 35.9 Å². The molecule has 28 heavy (non-hydrogen) atoms. The van der Waals surface area contributed by atoms with Crippen LogP contribution in [-0.2, 0) is 18.4 Å². The van der Waals surface area contributed by atoms with Crippen molar-refractivity contribution in [1.82, 2.24) is 24.6 Å². The Bertz CT molecular complexity index is 1020. The van der Waals surface area contributed by atoms with E-state index >= 15 is 0 Å². The number of unbranched alkanes of at least 4 members (excludes halogenated alkanes) is 1. The van der Waals surface area contributed by atoms with Crippen LogP contribution < -0.4 is 10.9 Å². The van der Waals surface area contributed by atoms with Gasteiger partial charge in [-0.15, -0.1) is 0 Å². The largest absolute Gasteiger partial charge is 0.354 e. The number of benzene rings is 1. The summed E-state index contributed by atoms with van der Waals surface area (Å²) < 4.78 is 3.11. The van der Waals surface area contributed by atoms with Crippen molar-refractivity contribution in [1.29, 1.82) is 0 Å². The highest BCUT2D eigenvalue weighted by atomic mass is 16.2. The maximum atomic E-state index is 12.9. The second-order valence-corrected chi connectivity index (χ2v) is 7.31. The van der Waals surface area contributed by atoms with E-state index < -0.39 is 0 Å². The number of fused-ring (bicyclic) bond motifs is 3. The van der Waals surface area contributed by atoms with Crippen molar-refractivity contribution in [2.24, 2.45) is 7.05 Å². The van der Waals surface area contributed by atoms with Crippen LogP contribution in [0.5, 0.6) is 0 Å². The number of aryl methyl sites for hydroxylation is 1. The summed E-state index contributed by atoms with van der Waals surface area (Å²) in [6, 6.07) is 7.84. The van der Waals surface area contributed by atoms with Gasteiger partial charge >= 0.3 is 0 Å². The van der Waals surface area contributed by atoms with E-state index in [0.717, 1.165) is 35.8 Å². The lowest BCUT2D eigenvalue weighted by atomic mass is 10.2. The molecule has 1 aromatic carbocycles. The van der Waals surface area contributed by atoms with E-state index in [2.05, 4.69) is 29.3 Å². The summed E-state index contributed by atoms with van der Waals surface area (Å²) in [5.74, 6) is -0.191. The third-order valence-corrected chi connectivity index (χ3v) is 5.13. The fourth-order valence-corrected chi connectivity index (χ4v) is 3.54. The van der Waals surface area contributed by atoms with Gasteiger partial charge in [0.25, 0.3) is 5.56 Å². The Balaban J connectivity index is 1.64. The third kappa shape index (κ3) is 4.25. The topological polar surface area (TPSA) is 72.2 Å². The molecule has 0 unspecified atom stereocenters. The van der Waals surface area contributed by atoms with Crippen molar-refractivity contribution >= 4 is 27.7 Å². The zero-order valence-corrected chi connectivity index (χ0v) is 16.9. The molecule has 0 aliphatic rings. The number of para-hydroxylation sites is 1. The standard InChI is InChI=1S/C21H29N5O2/c1-4-5-12-24(2)13-8-11-22-19(27)15-26-21(28)20-17(14-23-26)16-9-6-7-10-18(16)25(20)3/h6-7,9-10,14H,4-5,8,11-13,15H2,1-3H3,(H,22,27). The summed E-state index contributed by atoms with van der Waals surface area (Å²) in [4.78, 5) is 27.4. The summed E-state index contributed by atoms with van der Waals surface area (Å²) in [6.07, 6.45) is 4.93. The van der Waals surface area contributed by atoms with Gasteiger partial charge in [0.1, 0.15) is 12.1 Å². The lowest BCUT2D eigenvalue weighted by Crippen LogP contribution is -2.35. The van der Waals surface area contributed by atoms with Gasteiger partial charge in [0.05, 0.1) is 6.20 Å². The number of aromatic nitrogens is 3. The number of carbonyl (C=O) groups excluding carboxylic acids is 1. The second-order valence-electron chi connectivity index (χ2n) is 7.31. The van der Waals surface area contributed by atoms with Crippen LogP contribution in [0.1, 0.15) is 26.2 Å². The molecule has 7 nitrogen and oxygen atoms in total. The average molecular weight is 383 g/mol. The molecule has 0 aliphatic heterocycles. The van der Waals surface area contributed by atoms with Crippen LogP contribution in [0.3, 0.4) is 0 Å². The zero-order valence-electron chi connectivity index (χ0n) is 16.9. The molecular formula is C21H29N5O2. The molecule has 0 bridgehead atoms. The molecule has 0 radical (unpaired) electrons. The van der Waals surface area contributed by atoms with Crippen molar-refractivity contribution in [2.75, 3.05) is 26.7 Å². The molecule has 2 aromatic heterocycles. The van der Waals surface area contributed by atoms with Crippen molar-refractivity contribution in [3.63, 3.8) is 0 Å². The van der Waals surface area contributed by atoms with E-state index in [1.54, 1.807) is 6.20 Å². The van der Waals surface area contributed by atoms with E-state index in [9.17, 15) is 9.59 Å². The molecule has 1 N–H and O–H groups in total. The summed E-state index contributed by atoms with van der Waals surface area (Å²) in [7, 11) is 3.96. The van der Waals surface area contributed by atoms with Gasteiger partial charge in [0.2, 0.25) is 5.91 Å². The van der Waals surface area contributed by atoms with Gasteiger partial charge in [-0.2, -0.15) is 5.10 Å². The first-order chi connectivity index (χ1) is 13.5. The lowest BCUT2D eigenvalue weighted by Gasteiger charge is -2.16. The van der Waals surface area contributed by atoms with Crippen LogP contribution in [-0.4, -0.2) is 51.8 Å². The normalized spacial score (nSPS) is 11.6. The Kier molecular flexibility index (Phi) is 6.46. The summed E-state index contributed by atoms with van der Waals surface area (Å²) in [6.45, 7) is 4.73. The highest BCUT2D eigenvalue weighted by molar-refractivity contribution is 6.07. The van der Waals surface area contributed by atoms with Crippen LogP contribution >= 0.6 is 0 Å². The molecule has 0 spiro atoms. The van der Waals surface area contributed by atoms with Crippen LogP contribution in [0, 0.1) is 0 Å². The van der Waals surface area contributed by atoms with Gasteiger partial charge in [-0.05, 0) is 39.0 Å². The fourth-order valence-electron chi connectivity index (χ4n) is 3.54. The molecule has 7 heteroatoms. The molecular weight excluding hydrogens is 354 g/mol. The Hall–Kier alpha value is -2.67. The molecule has 1 amide bonds. The number of hydrogen-bond acceptors (Lipinski definition) is 4. The highest BCUT2D eigenvalue weighted by Crippen LogP contribution is 2.24. The van der Waals surface area contributed by atoms with Gasteiger partial charge in [0, 0.05) is 29.9 Å². The van der Waals surface area contributed by atoms with Crippen molar-refractivity contribution in [3.8, 4) is 0 Å². The summed E-state index contributed by atoms with van der Waals surface area (Å²) >= 11 is 0. The SMILES string of the molecule is CCCCN(C)CCCNC(=O)Cn1ncc2c3ccccc3n(C)c2c1=O. The molecule has 0 atom stereocenters. The molecule has 0 fully saturated rings. The number of rotatable bonds is 9. The van der Waals surface area contributed by atoms with Gasteiger partial charge in [-0.1, -0.05) is 31.5 Å². The Morgan fingerprint density at radius 3 is 2.71 bits per heavy atom. The molecule has 0 aliphatic carbocycles. The van der Waals surface area contributed by atoms with E-state index in [0.29, 0.717) is 12.1 Å². The maximum Gasteiger partial charge on any atom is 0.291 e. The molecule has 0 saturated heterocycles. The molecule has 3 aromatic rings. The second kappa shape index (κ2) is 9.01. The number of nitrogens with zero attached hydrogens (tertiary/aromatic N) is 4. The molecule has 3 rings (SSSR count). The Morgan fingerprint density at radius 2 is 1.93 bits per heavy atom. The third-order valence-electron chi connectivity index (χ3n) is 5.13. The average Bonchev–Trinajstić information content (AvgIpc) is 2.99. The minimum absolute atomic E-state index is 0.0675. The number of nitrogens with one attached hydrogen (secondary N) is 1. The highest BCUT2D eigenvalue weighted by Gasteiger charge is 2.14. The predicted octanol–water partition coefficient (Wildman–Crippen LogP) is 2.13. The number of hydrogen-bond donors (Lipinski definition) is 1. The first-order valence-corrected chi connectivity index (χ1v) is 9.91. The minimum atomic E-state index is -0.245. The van der Waals surface area contributed by atoms with Gasteiger partial charge in [-0.25, -0.2) is 4.68 Å². The lowest BCUT2D eigenvalue weighted by molar-refractivity contribution is -0.121. The van der Waals surface area contributed by atoms with E-state index in [4.69, 9.17) is 0 Å². The number of amides is 1. The quantitative estimate of drug-likeness (QED) is 0.575. The monoisotopic (exact) mass is 383 g/mol. The van der Waals surface area contributed by atoms with Crippen LogP contribution in [0.25, 0.3) is 21.8 Å². The van der Waals surface area contributed by atoms with E-state index in [1.165, 1.54) is 17.5 Å². The predicted molar refractivity (Wildman–Crippen MR) is 113 cm³/mol. The number of carbonyl (C=O) groups is 1. The fraction of sp³-hybridized carbons (Fsp3) is 0.476. The smallest absolute Gasteiger partial charge is 0.291 e. The summed E-state index contributed by atoms with van der Waals surface area (Å²) in [5, 5.41) is 8.92. The van der Waals surface area contributed by atoms with Crippen LogP contribution in [0.2, 0.25) is 0 Å². The maximum absolute atomic E-state index is 12.9. The van der Waals surface area contributed by atoms with Crippen LogP contribution in [0.15, 0.2) is 35.3 Å². The minimum Gasteiger partial charge on any atom is -0.354 e. The zero-order chi connectivity index (χ0) is 20.1. The molecule has 2 heterocycles. The molecule has 150 valence electrons. The summed E-state index contributed by atoms with van der Waals surface area (Å²) in [5.41, 5.74) is 1.30. The first kappa shape index (κ1) is 20.1. The molecule has 0 saturated carbocycles. The van der Waals surface area contributed by atoms with Crippen molar-refractivity contribution in [2.45, 2.75) is 32.7 Å². The van der Waals surface area contributed by atoms with Crippen LogP contribution in [0.4, 0.5) is 0 Å².